The number of pyridine rings is 1. The fourth-order valence-corrected chi connectivity index (χ4v) is 2.85. The average Bonchev–Trinajstić information content (AvgIpc) is 2.39. The highest BCUT2D eigenvalue weighted by Gasteiger charge is 2.35. The highest BCUT2D eigenvalue weighted by molar-refractivity contribution is 5.27. The summed E-state index contributed by atoms with van der Waals surface area (Å²) in [6.07, 6.45) is 7.70. The van der Waals surface area contributed by atoms with Crippen LogP contribution in [0.15, 0.2) is 18.5 Å². The van der Waals surface area contributed by atoms with E-state index in [-0.39, 0.29) is 11.6 Å². The zero-order valence-electron chi connectivity index (χ0n) is 11.8. The van der Waals surface area contributed by atoms with Crippen LogP contribution >= 0.6 is 0 Å². The largest absolute Gasteiger partial charge is 0.322 e. The lowest BCUT2D eigenvalue weighted by Gasteiger charge is -2.45. The minimum absolute atomic E-state index is 0.00574. The Hall–Kier alpha value is -0.930. The number of aryl methyl sites for hydroxylation is 1. The molecule has 0 aromatic carbocycles. The van der Waals surface area contributed by atoms with Crippen LogP contribution < -0.4 is 5.73 Å². The highest BCUT2D eigenvalue weighted by atomic mass is 15.2. The number of likely N-dealkylation sites (tertiary alicyclic amines) is 1. The van der Waals surface area contributed by atoms with Crippen molar-refractivity contribution in [2.24, 2.45) is 5.73 Å². The van der Waals surface area contributed by atoms with Crippen molar-refractivity contribution in [3.63, 3.8) is 0 Å². The molecule has 3 nitrogen and oxygen atoms in total. The monoisotopic (exact) mass is 247 g/mol. The molecule has 18 heavy (non-hydrogen) atoms. The summed E-state index contributed by atoms with van der Waals surface area (Å²) < 4.78 is 0. The molecule has 1 aliphatic heterocycles. The first kappa shape index (κ1) is 13.5. The third-order valence-corrected chi connectivity index (χ3v) is 4.35. The van der Waals surface area contributed by atoms with E-state index in [0.717, 1.165) is 0 Å². The van der Waals surface area contributed by atoms with E-state index in [9.17, 15) is 0 Å². The third-order valence-electron chi connectivity index (χ3n) is 4.35. The van der Waals surface area contributed by atoms with Crippen molar-refractivity contribution < 1.29 is 0 Å². The van der Waals surface area contributed by atoms with Crippen LogP contribution in [-0.2, 0) is 0 Å². The first-order valence-corrected chi connectivity index (χ1v) is 6.94. The van der Waals surface area contributed by atoms with Gasteiger partial charge in [-0.2, -0.15) is 0 Å². The standard InChI is InChI=1S/C15H25N3/c1-12-7-8-17-11-13(12)14(16)15(2,3)18-9-5-4-6-10-18/h7-8,11,14H,4-6,9-10,16H2,1-3H3. The summed E-state index contributed by atoms with van der Waals surface area (Å²) in [5.41, 5.74) is 8.93. The lowest BCUT2D eigenvalue weighted by atomic mass is 9.85. The van der Waals surface area contributed by atoms with Crippen molar-refractivity contribution in [1.82, 2.24) is 9.88 Å². The van der Waals surface area contributed by atoms with Crippen molar-refractivity contribution in [1.29, 1.82) is 0 Å². The van der Waals surface area contributed by atoms with E-state index in [1.54, 1.807) is 0 Å². The average molecular weight is 247 g/mol. The fourth-order valence-electron chi connectivity index (χ4n) is 2.85. The van der Waals surface area contributed by atoms with E-state index in [2.05, 4.69) is 30.7 Å². The quantitative estimate of drug-likeness (QED) is 0.893. The fraction of sp³-hybridized carbons (Fsp3) is 0.667. The number of nitrogens with two attached hydrogens (primary N) is 1. The summed E-state index contributed by atoms with van der Waals surface area (Å²) >= 11 is 0. The van der Waals surface area contributed by atoms with Gasteiger partial charge in [0.25, 0.3) is 0 Å². The highest BCUT2D eigenvalue weighted by Crippen LogP contribution is 2.32. The molecule has 0 saturated carbocycles. The molecule has 2 N–H and O–H groups in total. The number of piperidine rings is 1. The van der Waals surface area contributed by atoms with Crippen LogP contribution in [0.5, 0.6) is 0 Å². The minimum atomic E-state index is -0.00574. The zero-order valence-corrected chi connectivity index (χ0v) is 11.8. The molecule has 2 heterocycles. The summed E-state index contributed by atoms with van der Waals surface area (Å²) in [5.74, 6) is 0. The molecule has 0 aliphatic carbocycles. The molecule has 0 bridgehead atoms. The predicted molar refractivity (Wildman–Crippen MR) is 75.4 cm³/mol. The van der Waals surface area contributed by atoms with Crippen LogP contribution in [0.3, 0.4) is 0 Å². The molecule has 1 atom stereocenters. The van der Waals surface area contributed by atoms with Gasteiger partial charge in [0.1, 0.15) is 0 Å². The Morgan fingerprint density at radius 2 is 1.94 bits per heavy atom. The van der Waals surface area contributed by atoms with Crippen LogP contribution in [0, 0.1) is 6.92 Å². The molecule has 1 saturated heterocycles. The van der Waals surface area contributed by atoms with Gasteiger partial charge in [-0.05, 0) is 63.9 Å². The Labute approximate surface area is 110 Å². The Morgan fingerprint density at radius 3 is 2.56 bits per heavy atom. The van der Waals surface area contributed by atoms with E-state index in [4.69, 9.17) is 5.73 Å². The molecule has 0 spiro atoms. The molecular formula is C15H25N3. The summed E-state index contributed by atoms with van der Waals surface area (Å²) in [4.78, 5) is 6.76. The smallest absolute Gasteiger partial charge is 0.0494 e. The number of nitrogens with zero attached hydrogens (tertiary/aromatic N) is 2. The topological polar surface area (TPSA) is 42.1 Å². The van der Waals surface area contributed by atoms with E-state index < -0.39 is 0 Å². The van der Waals surface area contributed by atoms with Crippen molar-refractivity contribution in [2.45, 2.75) is 51.6 Å². The number of hydrogen-bond acceptors (Lipinski definition) is 3. The van der Waals surface area contributed by atoms with Crippen LogP contribution in [-0.4, -0.2) is 28.5 Å². The molecule has 1 aliphatic rings. The summed E-state index contributed by atoms with van der Waals surface area (Å²) in [5, 5.41) is 0. The maximum absolute atomic E-state index is 6.52. The summed E-state index contributed by atoms with van der Waals surface area (Å²) in [6, 6.07) is 2.06. The molecule has 1 fully saturated rings. The first-order chi connectivity index (χ1) is 8.53. The van der Waals surface area contributed by atoms with Gasteiger partial charge in [-0.3, -0.25) is 9.88 Å². The van der Waals surface area contributed by atoms with Crippen molar-refractivity contribution >= 4 is 0 Å². The molecule has 3 heteroatoms. The first-order valence-electron chi connectivity index (χ1n) is 6.94. The van der Waals surface area contributed by atoms with E-state index in [1.165, 1.54) is 43.5 Å². The van der Waals surface area contributed by atoms with Gasteiger partial charge in [-0.1, -0.05) is 6.42 Å². The minimum Gasteiger partial charge on any atom is -0.322 e. The van der Waals surface area contributed by atoms with Gasteiger partial charge in [0.15, 0.2) is 0 Å². The van der Waals surface area contributed by atoms with Crippen LogP contribution in [0.25, 0.3) is 0 Å². The number of rotatable bonds is 3. The third kappa shape index (κ3) is 2.57. The second-order valence-electron chi connectivity index (χ2n) is 5.91. The van der Waals surface area contributed by atoms with E-state index >= 15 is 0 Å². The maximum Gasteiger partial charge on any atom is 0.0494 e. The SMILES string of the molecule is Cc1ccncc1C(N)C(C)(C)N1CCCCC1. The maximum atomic E-state index is 6.52. The molecule has 1 aromatic heterocycles. The van der Waals surface area contributed by atoms with Gasteiger partial charge >= 0.3 is 0 Å². The van der Waals surface area contributed by atoms with Crippen LogP contribution in [0.4, 0.5) is 0 Å². The van der Waals surface area contributed by atoms with Gasteiger partial charge in [0.05, 0.1) is 0 Å². The molecule has 2 rings (SSSR count). The number of aromatic nitrogens is 1. The zero-order chi connectivity index (χ0) is 13.2. The normalized spacial score (nSPS) is 19.8. The van der Waals surface area contributed by atoms with Gasteiger partial charge in [0, 0.05) is 24.0 Å². The molecule has 0 radical (unpaired) electrons. The van der Waals surface area contributed by atoms with Crippen molar-refractivity contribution in [3.05, 3.63) is 29.6 Å². The lowest BCUT2D eigenvalue weighted by molar-refractivity contribution is 0.0727. The van der Waals surface area contributed by atoms with E-state index in [1.807, 2.05) is 18.5 Å². The van der Waals surface area contributed by atoms with Crippen molar-refractivity contribution in [2.75, 3.05) is 13.1 Å². The summed E-state index contributed by atoms with van der Waals surface area (Å²) in [7, 11) is 0. The Kier molecular flexibility index (Phi) is 4.03. The van der Waals surface area contributed by atoms with Gasteiger partial charge in [-0.25, -0.2) is 0 Å². The molecular weight excluding hydrogens is 222 g/mol. The number of hydrogen-bond donors (Lipinski definition) is 1. The molecule has 100 valence electrons. The van der Waals surface area contributed by atoms with Crippen LogP contribution in [0.1, 0.15) is 50.3 Å². The molecule has 0 amide bonds. The van der Waals surface area contributed by atoms with Crippen LogP contribution in [0.2, 0.25) is 0 Å². The van der Waals surface area contributed by atoms with Gasteiger partial charge in [-0.15, -0.1) is 0 Å². The summed E-state index contributed by atoms with van der Waals surface area (Å²) in [6.45, 7) is 8.97. The van der Waals surface area contributed by atoms with Gasteiger partial charge < -0.3 is 5.73 Å². The van der Waals surface area contributed by atoms with E-state index in [0.29, 0.717) is 0 Å². The Morgan fingerprint density at radius 1 is 1.28 bits per heavy atom. The molecule has 1 unspecified atom stereocenters. The van der Waals surface area contributed by atoms with Gasteiger partial charge in [0.2, 0.25) is 0 Å². The lowest BCUT2D eigenvalue weighted by Crippen LogP contribution is -2.53. The Bertz CT molecular complexity index is 394. The Balaban J connectivity index is 2.20. The molecule has 1 aromatic rings. The second-order valence-corrected chi connectivity index (χ2v) is 5.91. The van der Waals surface area contributed by atoms with Crippen molar-refractivity contribution in [3.8, 4) is 0 Å². The predicted octanol–water partition coefficient (Wildman–Crippen LogP) is 2.65. The second kappa shape index (κ2) is 5.37.